The number of halogens is 1. The highest BCUT2D eigenvalue weighted by Gasteiger charge is 2.34. The summed E-state index contributed by atoms with van der Waals surface area (Å²) < 4.78 is 0. The predicted molar refractivity (Wildman–Crippen MR) is 85.7 cm³/mol. The smallest absolute Gasteiger partial charge is 0.233 e. The Bertz CT molecular complexity index is 682. The van der Waals surface area contributed by atoms with Gasteiger partial charge in [0.2, 0.25) is 11.8 Å². The maximum atomic E-state index is 12.3. The van der Waals surface area contributed by atoms with Crippen LogP contribution in [0.3, 0.4) is 0 Å². The Morgan fingerprint density at radius 2 is 1.77 bits per heavy atom. The summed E-state index contributed by atoms with van der Waals surface area (Å²) in [5.41, 5.74) is 1.98. The lowest BCUT2D eigenvalue weighted by Crippen LogP contribution is -2.33. The molecule has 0 N–H and O–H groups in total. The number of imide groups is 1. The molecule has 1 fully saturated rings. The first kappa shape index (κ1) is 14.8. The topological polar surface area (TPSA) is 37.4 Å². The third kappa shape index (κ3) is 3.20. The van der Waals surface area contributed by atoms with Crippen molar-refractivity contribution >= 4 is 23.4 Å². The fraction of sp³-hybridized carbons (Fsp3) is 0.222. The van der Waals surface area contributed by atoms with E-state index in [1.54, 1.807) is 0 Å². The SMILES string of the molecule is O=C(Cc1ccccc1)N1CC(c2ccc(Cl)cc2)CC1=O. The van der Waals surface area contributed by atoms with E-state index in [0.717, 1.165) is 11.1 Å². The van der Waals surface area contributed by atoms with Crippen LogP contribution in [-0.2, 0) is 16.0 Å². The van der Waals surface area contributed by atoms with Gasteiger partial charge in [0.05, 0.1) is 6.42 Å². The lowest BCUT2D eigenvalue weighted by atomic mass is 9.98. The van der Waals surface area contributed by atoms with Gasteiger partial charge >= 0.3 is 0 Å². The molecule has 0 spiro atoms. The van der Waals surface area contributed by atoms with Gasteiger partial charge < -0.3 is 0 Å². The minimum absolute atomic E-state index is 0.0597. The molecule has 22 heavy (non-hydrogen) atoms. The van der Waals surface area contributed by atoms with Crippen molar-refractivity contribution in [2.24, 2.45) is 0 Å². The number of hydrogen-bond acceptors (Lipinski definition) is 2. The predicted octanol–water partition coefficient (Wildman–Crippen LogP) is 3.43. The van der Waals surface area contributed by atoms with Crippen LogP contribution in [0, 0.1) is 0 Å². The number of amides is 2. The first-order valence-corrected chi connectivity index (χ1v) is 7.64. The average Bonchev–Trinajstić information content (AvgIpc) is 2.91. The van der Waals surface area contributed by atoms with Gasteiger partial charge in [0, 0.05) is 23.9 Å². The summed E-state index contributed by atoms with van der Waals surface area (Å²) >= 11 is 5.88. The summed E-state index contributed by atoms with van der Waals surface area (Å²) in [6.45, 7) is 0.451. The van der Waals surface area contributed by atoms with Crippen LogP contribution in [-0.4, -0.2) is 23.3 Å². The Kier molecular flexibility index (Phi) is 4.25. The van der Waals surface area contributed by atoms with E-state index in [1.165, 1.54) is 4.90 Å². The van der Waals surface area contributed by atoms with Gasteiger partial charge in [0.25, 0.3) is 0 Å². The van der Waals surface area contributed by atoms with Crippen LogP contribution in [0.4, 0.5) is 0 Å². The van der Waals surface area contributed by atoms with Crippen molar-refractivity contribution in [3.63, 3.8) is 0 Å². The molecule has 0 radical (unpaired) electrons. The van der Waals surface area contributed by atoms with Crippen LogP contribution in [0.5, 0.6) is 0 Å². The molecule has 2 aromatic rings. The van der Waals surface area contributed by atoms with E-state index >= 15 is 0 Å². The second-order valence-electron chi connectivity index (χ2n) is 5.51. The summed E-state index contributed by atoms with van der Waals surface area (Å²) in [6.07, 6.45) is 0.641. The second-order valence-corrected chi connectivity index (χ2v) is 5.95. The van der Waals surface area contributed by atoms with Crippen LogP contribution < -0.4 is 0 Å². The molecule has 1 aliphatic heterocycles. The van der Waals surface area contributed by atoms with Gasteiger partial charge in [-0.1, -0.05) is 54.1 Å². The minimum atomic E-state index is -0.132. The second kappa shape index (κ2) is 6.32. The van der Waals surface area contributed by atoms with Gasteiger partial charge in [-0.05, 0) is 23.3 Å². The molecule has 3 nitrogen and oxygen atoms in total. The molecule has 1 saturated heterocycles. The molecule has 0 aliphatic carbocycles. The Morgan fingerprint density at radius 3 is 2.45 bits per heavy atom. The van der Waals surface area contributed by atoms with E-state index in [2.05, 4.69) is 0 Å². The number of likely N-dealkylation sites (tertiary alicyclic amines) is 1. The highest BCUT2D eigenvalue weighted by molar-refractivity contribution is 6.30. The van der Waals surface area contributed by atoms with Crippen LogP contribution >= 0.6 is 11.6 Å². The van der Waals surface area contributed by atoms with Gasteiger partial charge in [-0.15, -0.1) is 0 Å². The average molecular weight is 314 g/mol. The molecular formula is C18H16ClNO2. The van der Waals surface area contributed by atoms with Crippen molar-refractivity contribution in [2.45, 2.75) is 18.8 Å². The third-order valence-corrected chi connectivity index (χ3v) is 4.22. The summed E-state index contributed by atoms with van der Waals surface area (Å²) in [7, 11) is 0. The van der Waals surface area contributed by atoms with Crippen LogP contribution in [0.15, 0.2) is 54.6 Å². The summed E-state index contributed by atoms with van der Waals surface area (Å²) in [6, 6.07) is 17.0. The molecule has 0 aromatic heterocycles. The fourth-order valence-electron chi connectivity index (χ4n) is 2.77. The lowest BCUT2D eigenvalue weighted by Gasteiger charge is -2.15. The fourth-order valence-corrected chi connectivity index (χ4v) is 2.90. The van der Waals surface area contributed by atoms with E-state index in [0.29, 0.717) is 18.0 Å². The Balaban J connectivity index is 1.69. The van der Waals surface area contributed by atoms with Crippen molar-refractivity contribution in [1.82, 2.24) is 4.90 Å². The van der Waals surface area contributed by atoms with Crippen molar-refractivity contribution in [3.05, 3.63) is 70.7 Å². The summed E-state index contributed by atoms with van der Waals surface area (Å²) in [5, 5.41) is 0.671. The molecular weight excluding hydrogens is 298 g/mol. The number of rotatable bonds is 3. The van der Waals surface area contributed by atoms with E-state index in [-0.39, 0.29) is 24.2 Å². The van der Waals surface area contributed by atoms with E-state index < -0.39 is 0 Å². The van der Waals surface area contributed by atoms with Crippen molar-refractivity contribution in [2.75, 3.05) is 6.54 Å². The van der Waals surface area contributed by atoms with Gasteiger partial charge in [-0.25, -0.2) is 0 Å². The third-order valence-electron chi connectivity index (χ3n) is 3.97. The molecule has 1 heterocycles. The number of nitrogens with zero attached hydrogens (tertiary/aromatic N) is 1. The van der Waals surface area contributed by atoms with Crippen molar-refractivity contribution in [1.29, 1.82) is 0 Å². The number of carbonyl (C=O) groups is 2. The summed E-state index contributed by atoms with van der Waals surface area (Å²) in [4.78, 5) is 25.9. The van der Waals surface area contributed by atoms with Gasteiger partial charge in [0.1, 0.15) is 0 Å². The minimum Gasteiger partial charge on any atom is -0.282 e. The molecule has 0 bridgehead atoms. The lowest BCUT2D eigenvalue weighted by molar-refractivity contribution is -0.141. The largest absolute Gasteiger partial charge is 0.282 e. The Hall–Kier alpha value is -2.13. The number of carbonyl (C=O) groups excluding carboxylic acids is 2. The highest BCUT2D eigenvalue weighted by atomic mass is 35.5. The van der Waals surface area contributed by atoms with Crippen LogP contribution in [0.2, 0.25) is 5.02 Å². The number of hydrogen-bond donors (Lipinski definition) is 0. The normalized spacial score (nSPS) is 17.8. The first-order valence-electron chi connectivity index (χ1n) is 7.26. The van der Waals surface area contributed by atoms with Crippen LogP contribution in [0.25, 0.3) is 0 Å². The Morgan fingerprint density at radius 1 is 1.09 bits per heavy atom. The zero-order chi connectivity index (χ0) is 15.5. The van der Waals surface area contributed by atoms with Gasteiger partial charge in [0.15, 0.2) is 0 Å². The van der Waals surface area contributed by atoms with E-state index in [9.17, 15) is 9.59 Å². The maximum Gasteiger partial charge on any atom is 0.233 e. The number of benzene rings is 2. The van der Waals surface area contributed by atoms with Gasteiger partial charge in [-0.2, -0.15) is 0 Å². The molecule has 1 atom stereocenters. The maximum absolute atomic E-state index is 12.3. The zero-order valence-electron chi connectivity index (χ0n) is 12.0. The molecule has 112 valence electrons. The van der Waals surface area contributed by atoms with E-state index in [1.807, 2.05) is 54.6 Å². The summed E-state index contributed by atoms with van der Waals surface area (Å²) in [5.74, 6) is -0.168. The quantitative estimate of drug-likeness (QED) is 0.870. The van der Waals surface area contributed by atoms with Crippen molar-refractivity contribution in [3.8, 4) is 0 Å². The molecule has 2 amide bonds. The highest BCUT2D eigenvalue weighted by Crippen LogP contribution is 2.29. The molecule has 3 rings (SSSR count). The first-order chi connectivity index (χ1) is 10.6. The monoisotopic (exact) mass is 313 g/mol. The molecule has 4 heteroatoms. The molecule has 2 aromatic carbocycles. The Labute approximate surface area is 134 Å². The standard InChI is InChI=1S/C18H16ClNO2/c19-16-8-6-14(7-9-16)15-11-18(22)20(12-15)17(21)10-13-4-2-1-3-5-13/h1-9,15H,10-12H2. The molecule has 1 aliphatic rings. The van der Waals surface area contributed by atoms with Crippen LogP contribution in [0.1, 0.15) is 23.5 Å². The zero-order valence-corrected chi connectivity index (χ0v) is 12.8. The molecule has 1 unspecified atom stereocenters. The van der Waals surface area contributed by atoms with Gasteiger partial charge in [-0.3, -0.25) is 14.5 Å². The molecule has 0 saturated carbocycles. The van der Waals surface area contributed by atoms with Crippen molar-refractivity contribution < 1.29 is 9.59 Å². The van der Waals surface area contributed by atoms with E-state index in [4.69, 9.17) is 11.6 Å².